The molecule has 0 fully saturated rings. The zero-order valence-corrected chi connectivity index (χ0v) is 32.4. The average Bonchev–Trinajstić information content (AvgIpc) is 3.75. The zero-order chi connectivity index (χ0) is 37.1. The number of fused-ring (bicyclic) bond motifs is 13. The molecule has 0 bridgehead atoms. The van der Waals surface area contributed by atoms with Gasteiger partial charge < -0.3 is 0 Å². The van der Waals surface area contributed by atoms with E-state index in [1.54, 1.807) is 16.7 Å². The van der Waals surface area contributed by atoms with Gasteiger partial charge in [0.1, 0.15) is 0 Å². The molecule has 1 heteroatoms. The van der Waals surface area contributed by atoms with Gasteiger partial charge in [-0.3, -0.25) is 0 Å². The van der Waals surface area contributed by atoms with Crippen LogP contribution in [0.4, 0.5) is 0 Å². The van der Waals surface area contributed by atoms with Crippen molar-refractivity contribution in [3.63, 3.8) is 0 Å². The van der Waals surface area contributed by atoms with Crippen molar-refractivity contribution in [2.45, 2.75) is 31.6 Å². The first kappa shape index (κ1) is 32.2. The van der Waals surface area contributed by atoms with E-state index in [2.05, 4.69) is 190 Å². The number of rotatable bonds is 3. The van der Waals surface area contributed by atoms with E-state index in [1.807, 2.05) is 11.3 Å². The van der Waals surface area contributed by atoms with Crippen LogP contribution in [0, 0.1) is 11.8 Å². The zero-order valence-electron chi connectivity index (χ0n) is 31.6. The van der Waals surface area contributed by atoms with Crippen LogP contribution in [0.15, 0.2) is 182 Å². The van der Waals surface area contributed by atoms with E-state index in [0.717, 1.165) is 6.42 Å². The maximum Gasteiger partial charge on any atom is 0.0405 e. The molecule has 1 heterocycles. The highest BCUT2D eigenvalue weighted by Gasteiger charge is 2.45. The summed E-state index contributed by atoms with van der Waals surface area (Å²) in [6.07, 6.45) is 22.0. The van der Waals surface area contributed by atoms with E-state index >= 15 is 0 Å². The van der Waals surface area contributed by atoms with Crippen LogP contribution in [0.5, 0.6) is 0 Å². The topological polar surface area (TPSA) is 0 Å². The summed E-state index contributed by atoms with van der Waals surface area (Å²) < 4.78 is 2.85. The second-order valence-electron chi connectivity index (χ2n) is 16.6. The Morgan fingerprint density at radius 3 is 1.86 bits per heavy atom. The van der Waals surface area contributed by atoms with Crippen molar-refractivity contribution in [1.29, 1.82) is 0 Å². The van der Waals surface area contributed by atoms with Gasteiger partial charge in [0, 0.05) is 43.3 Å². The lowest BCUT2D eigenvalue weighted by Crippen LogP contribution is -2.17. The summed E-state index contributed by atoms with van der Waals surface area (Å²) in [5.41, 5.74) is 12.7. The highest BCUT2D eigenvalue weighted by atomic mass is 32.1. The maximum atomic E-state index is 2.47. The number of allylic oxidation sites excluding steroid dienone is 12. The van der Waals surface area contributed by atoms with Crippen molar-refractivity contribution in [3.8, 4) is 11.1 Å². The summed E-state index contributed by atoms with van der Waals surface area (Å²) in [6, 6.07) is 45.8. The lowest BCUT2D eigenvalue weighted by molar-refractivity contribution is 0.619. The molecule has 0 saturated carbocycles. The van der Waals surface area contributed by atoms with Gasteiger partial charge in [-0.2, -0.15) is 0 Å². The fraction of sp³-hybridized carbons (Fsp3) is 0.127. The van der Waals surface area contributed by atoms with Crippen molar-refractivity contribution in [2.75, 3.05) is 0 Å². The Kier molecular flexibility index (Phi) is 6.90. The van der Waals surface area contributed by atoms with Crippen LogP contribution in [0.25, 0.3) is 74.8 Å². The van der Waals surface area contributed by atoms with Crippen LogP contribution in [0.2, 0.25) is 0 Å². The number of benzene rings is 7. The Morgan fingerprint density at radius 2 is 1.12 bits per heavy atom. The van der Waals surface area contributed by atoms with E-state index in [1.165, 1.54) is 85.9 Å². The first-order valence-electron chi connectivity index (χ1n) is 20.1. The predicted molar refractivity (Wildman–Crippen MR) is 243 cm³/mol. The lowest BCUT2D eigenvalue weighted by Gasteiger charge is -2.29. The van der Waals surface area contributed by atoms with Gasteiger partial charge in [-0.15, -0.1) is 11.3 Å². The molecule has 3 atom stereocenters. The van der Waals surface area contributed by atoms with Crippen molar-refractivity contribution >= 4 is 75.0 Å². The largest absolute Gasteiger partial charge is 0.135 e. The average molecular weight is 733 g/mol. The molecule has 7 aromatic carbocycles. The SMILES string of the molecule is CC1(C)C2=CC=C(c3ccc(-c4c5ccccc5c(C5=CC=CC6C=CC=CC56)c5ccccc45)cc3)CC2c2c1c1sc3ccccc3c1c1ccccc21. The van der Waals surface area contributed by atoms with Crippen LogP contribution in [0.3, 0.4) is 0 Å². The van der Waals surface area contributed by atoms with E-state index in [4.69, 9.17) is 0 Å². The molecule has 8 aromatic rings. The molecule has 0 nitrogen and oxygen atoms in total. The fourth-order valence-electron chi connectivity index (χ4n) is 11.0. The highest BCUT2D eigenvalue weighted by Crippen LogP contribution is 2.60. The summed E-state index contributed by atoms with van der Waals surface area (Å²) in [5, 5.41) is 10.9. The lowest BCUT2D eigenvalue weighted by atomic mass is 9.74. The second-order valence-corrected chi connectivity index (χ2v) is 17.7. The Balaban J connectivity index is 0.972. The Bertz CT molecular complexity index is 3130. The molecule has 0 amide bonds. The van der Waals surface area contributed by atoms with Crippen LogP contribution in [-0.4, -0.2) is 0 Å². The molecule has 266 valence electrons. The summed E-state index contributed by atoms with van der Waals surface area (Å²) >= 11 is 1.99. The van der Waals surface area contributed by atoms with Gasteiger partial charge >= 0.3 is 0 Å². The van der Waals surface area contributed by atoms with Gasteiger partial charge in [0.15, 0.2) is 0 Å². The summed E-state index contributed by atoms with van der Waals surface area (Å²) in [4.78, 5) is 0. The molecular formula is C55H40S. The Morgan fingerprint density at radius 1 is 0.536 bits per heavy atom. The Hall–Kier alpha value is -6.02. The molecule has 0 spiro atoms. The van der Waals surface area contributed by atoms with Gasteiger partial charge in [0.05, 0.1) is 0 Å². The number of thiophene rings is 1. The minimum Gasteiger partial charge on any atom is -0.135 e. The molecule has 3 unspecified atom stereocenters. The van der Waals surface area contributed by atoms with Crippen molar-refractivity contribution in [3.05, 3.63) is 204 Å². The molecule has 4 aliphatic carbocycles. The second kappa shape index (κ2) is 12.0. The summed E-state index contributed by atoms with van der Waals surface area (Å²) in [5.74, 6) is 1.09. The fourth-order valence-corrected chi connectivity index (χ4v) is 12.4. The minimum absolute atomic E-state index is 0.0435. The van der Waals surface area contributed by atoms with Crippen LogP contribution < -0.4 is 0 Å². The van der Waals surface area contributed by atoms with Crippen molar-refractivity contribution in [2.24, 2.45) is 11.8 Å². The molecule has 0 radical (unpaired) electrons. The third-order valence-corrected chi connectivity index (χ3v) is 14.6. The molecule has 1 aromatic heterocycles. The van der Waals surface area contributed by atoms with Gasteiger partial charge in [-0.1, -0.05) is 189 Å². The minimum atomic E-state index is -0.0435. The van der Waals surface area contributed by atoms with Gasteiger partial charge in [0.2, 0.25) is 0 Å². The highest BCUT2D eigenvalue weighted by molar-refractivity contribution is 7.26. The van der Waals surface area contributed by atoms with Crippen molar-refractivity contribution < 1.29 is 0 Å². The van der Waals surface area contributed by atoms with Gasteiger partial charge in [-0.05, 0) is 89.3 Å². The van der Waals surface area contributed by atoms with E-state index in [0.29, 0.717) is 17.8 Å². The molecular weight excluding hydrogens is 693 g/mol. The van der Waals surface area contributed by atoms with Crippen LogP contribution >= 0.6 is 11.3 Å². The van der Waals surface area contributed by atoms with E-state index < -0.39 is 0 Å². The van der Waals surface area contributed by atoms with E-state index in [-0.39, 0.29) is 5.41 Å². The first-order chi connectivity index (χ1) is 27.6. The van der Waals surface area contributed by atoms with Crippen molar-refractivity contribution in [1.82, 2.24) is 0 Å². The third-order valence-electron chi connectivity index (χ3n) is 13.4. The summed E-state index contributed by atoms with van der Waals surface area (Å²) in [6.45, 7) is 4.93. The maximum absolute atomic E-state index is 2.47. The normalized spacial score (nSPS) is 20.7. The molecule has 0 saturated heterocycles. The van der Waals surface area contributed by atoms with Crippen LogP contribution in [-0.2, 0) is 5.41 Å². The van der Waals surface area contributed by atoms with E-state index in [9.17, 15) is 0 Å². The standard InChI is InChI=1S/C55H40S/c1-55(2)47-31-30-36(32-46(47)51-43-21-9-10-22-44(43)52-45-23-11-12-25-48(45)56-54(52)53(51)55)33-26-28-35(29-27-33)49-39-17-5-7-19-41(39)50(42-20-8-6-18-40(42)49)38-24-13-15-34-14-3-4-16-37(34)38/h3-31,34,37,46H,32H2,1-2H3. The van der Waals surface area contributed by atoms with Gasteiger partial charge in [0.25, 0.3) is 0 Å². The number of hydrogen-bond acceptors (Lipinski definition) is 1. The molecule has 12 rings (SSSR count). The van der Waals surface area contributed by atoms with Gasteiger partial charge in [-0.25, -0.2) is 0 Å². The molecule has 4 aliphatic rings. The third kappa shape index (κ3) is 4.47. The molecule has 0 aliphatic heterocycles. The summed E-state index contributed by atoms with van der Waals surface area (Å²) in [7, 11) is 0. The predicted octanol–water partition coefficient (Wildman–Crippen LogP) is 15.3. The monoisotopic (exact) mass is 732 g/mol. The Labute approximate surface area is 331 Å². The smallest absolute Gasteiger partial charge is 0.0405 e. The van der Waals surface area contributed by atoms with Crippen LogP contribution in [0.1, 0.15) is 48.4 Å². The number of hydrogen-bond donors (Lipinski definition) is 0. The molecule has 56 heavy (non-hydrogen) atoms. The quantitative estimate of drug-likeness (QED) is 0.159. The molecule has 0 N–H and O–H groups in total. The first-order valence-corrected chi connectivity index (χ1v) is 20.9.